The van der Waals surface area contributed by atoms with Crippen molar-refractivity contribution in [3.8, 4) is 33.5 Å². The van der Waals surface area contributed by atoms with Gasteiger partial charge in [0.25, 0.3) is 0 Å². The number of pyridine rings is 1. The van der Waals surface area contributed by atoms with Gasteiger partial charge in [-0.25, -0.2) is 0 Å². The summed E-state index contributed by atoms with van der Waals surface area (Å²) in [5, 5.41) is 7.16. The van der Waals surface area contributed by atoms with Crippen molar-refractivity contribution in [2.24, 2.45) is 0 Å². The topological polar surface area (TPSA) is 12.9 Å². The van der Waals surface area contributed by atoms with Crippen LogP contribution in [0.4, 0.5) is 0 Å². The van der Waals surface area contributed by atoms with Crippen molar-refractivity contribution in [1.82, 2.24) is 4.98 Å². The molecule has 3 heteroatoms. The van der Waals surface area contributed by atoms with Crippen LogP contribution in [0.15, 0.2) is 91.1 Å². The molecule has 190 valence electrons. The molecule has 0 atom stereocenters. The lowest BCUT2D eigenvalue weighted by molar-refractivity contribution is 0.876. The molecule has 1 aliphatic heterocycles. The highest BCUT2D eigenvalue weighted by atomic mass is 28.3. The Kier molecular flexibility index (Phi) is 5.86. The lowest BCUT2D eigenvalue weighted by Crippen LogP contribution is -2.50. The van der Waals surface area contributed by atoms with Gasteiger partial charge in [0.05, 0.1) is 13.8 Å². The Morgan fingerprint density at radius 2 is 1.42 bits per heavy atom. The summed E-state index contributed by atoms with van der Waals surface area (Å²) in [4.78, 5) is 5.06. The van der Waals surface area contributed by atoms with Gasteiger partial charge in [-0.1, -0.05) is 118 Å². The highest BCUT2D eigenvalue weighted by molar-refractivity contribution is 7.04. The fourth-order valence-corrected chi connectivity index (χ4v) is 10.8. The predicted molar refractivity (Wildman–Crippen MR) is 172 cm³/mol. The van der Waals surface area contributed by atoms with Gasteiger partial charge in [0.15, 0.2) is 0 Å². The van der Waals surface area contributed by atoms with Crippen molar-refractivity contribution in [3.05, 3.63) is 96.7 Å². The second-order valence-corrected chi connectivity index (χ2v) is 22.1. The predicted octanol–water partition coefficient (Wildman–Crippen LogP) is 8.04. The van der Waals surface area contributed by atoms with Crippen LogP contribution in [0, 0.1) is 0 Å². The van der Waals surface area contributed by atoms with Gasteiger partial charge in [0.2, 0.25) is 0 Å². The third-order valence-corrected chi connectivity index (χ3v) is 14.0. The van der Waals surface area contributed by atoms with E-state index in [1.165, 1.54) is 65.4 Å². The zero-order chi connectivity index (χ0) is 26.8. The lowest BCUT2D eigenvalue weighted by atomic mass is 9.92. The highest BCUT2D eigenvalue weighted by Gasteiger charge is 2.40. The Hall–Kier alpha value is -3.28. The second-order valence-electron chi connectivity index (χ2n) is 12.7. The van der Waals surface area contributed by atoms with E-state index in [1.807, 2.05) is 6.20 Å². The van der Waals surface area contributed by atoms with E-state index in [1.54, 1.807) is 0 Å². The molecule has 1 aromatic heterocycles. The molecule has 4 aromatic carbocycles. The van der Waals surface area contributed by atoms with Crippen LogP contribution >= 0.6 is 0 Å². The molecule has 2 heterocycles. The van der Waals surface area contributed by atoms with Gasteiger partial charge in [0.1, 0.15) is 8.07 Å². The summed E-state index contributed by atoms with van der Waals surface area (Å²) in [6.45, 7) is 16.8. The first kappa shape index (κ1) is 25.0. The monoisotopic (exact) mass is 527 g/mol. The average Bonchev–Trinajstić information content (AvgIpc) is 3.14. The Morgan fingerprint density at radius 1 is 0.711 bits per heavy atom. The van der Waals surface area contributed by atoms with Crippen LogP contribution in [0.3, 0.4) is 0 Å². The number of nitrogens with zero attached hydrogens (tertiary/aromatic N) is 1. The summed E-state index contributed by atoms with van der Waals surface area (Å²) >= 11 is 0. The summed E-state index contributed by atoms with van der Waals surface area (Å²) in [5.41, 5.74) is 9.22. The fraction of sp³-hybridized carbons (Fsp3) is 0.229. The molecule has 0 unspecified atom stereocenters. The molecule has 0 saturated carbocycles. The lowest BCUT2D eigenvalue weighted by Gasteiger charge is -2.23. The van der Waals surface area contributed by atoms with Crippen molar-refractivity contribution < 1.29 is 0 Å². The van der Waals surface area contributed by atoms with Gasteiger partial charge in [-0.2, -0.15) is 0 Å². The number of hydrogen-bond acceptors (Lipinski definition) is 1. The first-order valence-electron chi connectivity index (χ1n) is 13.8. The second kappa shape index (κ2) is 8.89. The van der Waals surface area contributed by atoms with E-state index >= 15 is 0 Å². The number of benzene rings is 4. The molecule has 0 amide bonds. The molecule has 0 saturated heterocycles. The molecular weight excluding hydrogens is 491 g/mol. The Balaban J connectivity index is 1.49. The number of hydrogen-bond donors (Lipinski definition) is 0. The fourth-order valence-electron chi connectivity index (χ4n) is 6.27. The van der Waals surface area contributed by atoms with Crippen LogP contribution in [0.1, 0.15) is 25.3 Å². The van der Waals surface area contributed by atoms with E-state index in [2.05, 4.69) is 132 Å². The van der Waals surface area contributed by atoms with E-state index in [4.69, 9.17) is 4.98 Å². The summed E-state index contributed by atoms with van der Waals surface area (Å²) in [6, 6.07) is 32.3. The SMILES string of the molecule is CC(C)c1cc(-c2nccc3c2[Si](C)(C)c2cc(-c4ccc([Si](C)(C)C)cc4)ccc2-3)cc2ccccc12. The zero-order valence-corrected chi connectivity index (χ0v) is 25.7. The minimum atomic E-state index is -1.98. The number of rotatable bonds is 4. The zero-order valence-electron chi connectivity index (χ0n) is 23.7. The van der Waals surface area contributed by atoms with E-state index in [9.17, 15) is 0 Å². The Labute approximate surface area is 229 Å². The molecule has 1 nitrogen and oxygen atoms in total. The largest absolute Gasteiger partial charge is 0.256 e. The van der Waals surface area contributed by atoms with Gasteiger partial charge >= 0.3 is 0 Å². The van der Waals surface area contributed by atoms with Gasteiger partial charge in [-0.05, 0) is 73.1 Å². The molecule has 0 radical (unpaired) electrons. The maximum Gasteiger partial charge on any atom is 0.116 e. The number of fused-ring (bicyclic) bond motifs is 4. The van der Waals surface area contributed by atoms with Crippen LogP contribution in [-0.2, 0) is 0 Å². The summed E-state index contributed by atoms with van der Waals surface area (Å²) in [6.07, 6.45) is 2.01. The minimum Gasteiger partial charge on any atom is -0.256 e. The molecule has 0 bridgehead atoms. The van der Waals surface area contributed by atoms with Crippen LogP contribution in [0.2, 0.25) is 32.7 Å². The van der Waals surface area contributed by atoms with Gasteiger partial charge < -0.3 is 0 Å². The molecular formula is C35H37NSi2. The third-order valence-electron chi connectivity index (χ3n) is 8.43. The molecule has 0 spiro atoms. The maximum atomic E-state index is 5.06. The van der Waals surface area contributed by atoms with Crippen molar-refractivity contribution >= 4 is 42.5 Å². The average molecular weight is 528 g/mol. The van der Waals surface area contributed by atoms with Gasteiger partial charge in [0, 0.05) is 11.8 Å². The Bertz CT molecular complexity index is 1690. The molecule has 6 rings (SSSR count). The quantitative estimate of drug-likeness (QED) is 0.216. The van der Waals surface area contributed by atoms with E-state index in [0.29, 0.717) is 5.92 Å². The first-order valence-corrected chi connectivity index (χ1v) is 20.3. The van der Waals surface area contributed by atoms with E-state index in [0.717, 1.165) is 0 Å². The highest BCUT2D eigenvalue weighted by Crippen LogP contribution is 2.36. The summed E-state index contributed by atoms with van der Waals surface area (Å²) in [7, 11) is -3.29. The first-order chi connectivity index (χ1) is 18.1. The van der Waals surface area contributed by atoms with Crippen molar-refractivity contribution in [2.45, 2.75) is 52.5 Å². The van der Waals surface area contributed by atoms with E-state index in [-0.39, 0.29) is 0 Å². The minimum absolute atomic E-state index is 0.453. The van der Waals surface area contributed by atoms with Crippen LogP contribution in [0.5, 0.6) is 0 Å². The molecule has 0 aliphatic carbocycles. The third kappa shape index (κ3) is 4.00. The molecule has 0 N–H and O–H groups in total. The number of aromatic nitrogens is 1. The molecule has 0 fully saturated rings. The van der Waals surface area contributed by atoms with Crippen molar-refractivity contribution in [1.29, 1.82) is 0 Å². The molecule has 1 aliphatic rings. The smallest absolute Gasteiger partial charge is 0.116 e. The maximum absolute atomic E-state index is 5.06. The molecule has 5 aromatic rings. The normalized spacial score (nSPS) is 14.1. The molecule has 38 heavy (non-hydrogen) atoms. The summed E-state index contributed by atoms with van der Waals surface area (Å²) in [5.74, 6) is 0.453. The van der Waals surface area contributed by atoms with Gasteiger partial charge in [-0.3, -0.25) is 4.98 Å². The van der Waals surface area contributed by atoms with Crippen LogP contribution in [0.25, 0.3) is 44.3 Å². The summed E-state index contributed by atoms with van der Waals surface area (Å²) < 4.78 is 0. The van der Waals surface area contributed by atoms with Gasteiger partial charge in [-0.15, -0.1) is 0 Å². The van der Waals surface area contributed by atoms with Crippen LogP contribution in [-0.4, -0.2) is 21.1 Å². The van der Waals surface area contributed by atoms with Crippen molar-refractivity contribution in [3.63, 3.8) is 0 Å². The van der Waals surface area contributed by atoms with E-state index < -0.39 is 16.1 Å². The van der Waals surface area contributed by atoms with Crippen LogP contribution < -0.4 is 15.6 Å². The Morgan fingerprint density at radius 3 is 2.13 bits per heavy atom. The van der Waals surface area contributed by atoms with Crippen molar-refractivity contribution in [2.75, 3.05) is 0 Å². The standard InChI is InChI=1S/C35H37NSi2/c1-23(2)32-21-27(20-26-10-8-9-11-29(26)32)34-35-31(18-19-36-34)30-17-14-25(22-33(30)38(35,6)7)24-12-15-28(16-13-24)37(3,4)5/h8-23H,1-7H3.